The van der Waals surface area contributed by atoms with E-state index in [1.165, 1.54) is 16.9 Å². The summed E-state index contributed by atoms with van der Waals surface area (Å²) in [5, 5.41) is 2.72. The number of carbonyl (C=O) groups excluding carboxylic acids is 3. The standard InChI is InChI=1S/C24H26F3N3O4/c1-29(15-21(31)28-19-4-3-5-20(14-19)34-2)22(32)17-10-12-30(13-11-17)23(33)16-6-8-18(9-7-16)24(25,26)27/h3-9,14,17H,10-13,15H2,1-2H3,(H,28,31). The Labute approximate surface area is 195 Å². The van der Waals surface area contributed by atoms with Crippen molar-refractivity contribution in [1.29, 1.82) is 0 Å². The zero-order valence-corrected chi connectivity index (χ0v) is 18.9. The van der Waals surface area contributed by atoms with E-state index in [9.17, 15) is 27.6 Å². The molecule has 3 rings (SSSR count). The van der Waals surface area contributed by atoms with Crippen molar-refractivity contribution in [3.05, 3.63) is 59.7 Å². The lowest BCUT2D eigenvalue weighted by Gasteiger charge is -2.33. The molecule has 1 saturated heterocycles. The first-order valence-electron chi connectivity index (χ1n) is 10.7. The number of benzene rings is 2. The predicted molar refractivity (Wildman–Crippen MR) is 119 cm³/mol. The van der Waals surface area contributed by atoms with Crippen LogP contribution in [-0.4, -0.2) is 61.3 Å². The van der Waals surface area contributed by atoms with Crippen LogP contribution in [0.3, 0.4) is 0 Å². The normalized spacial score (nSPS) is 14.4. The van der Waals surface area contributed by atoms with E-state index in [2.05, 4.69) is 5.32 Å². The Hall–Kier alpha value is -3.56. The molecule has 0 atom stereocenters. The van der Waals surface area contributed by atoms with Crippen molar-refractivity contribution in [3.8, 4) is 5.75 Å². The van der Waals surface area contributed by atoms with E-state index in [-0.39, 0.29) is 35.7 Å². The Bertz CT molecular complexity index is 1030. The molecule has 1 heterocycles. The van der Waals surface area contributed by atoms with E-state index in [0.29, 0.717) is 37.4 Å². The maximum atomic E-state index is 12.8. The molecule has 182 valence electrons. The van der Waals surface area contributed by atoms with Gasteiger partial charge in [-0.05, 0) is 49.2 Å². The highest BCUT2D eigenvalue weighted by atomic mass is 19.4. The van der Waals surface area contributed by atoms with Crippen LogP contribution in [0.25, 0.3) is 0 Å². The summed E-state index contributed by atoms with van der Waals surface area (Å²) in [6.07, 6.45) is -3.64. The summed E-state index contributed by atoms with van der Waals surface area (Å²) in [4.78, 5) is 40.6. The van der Waals surface area contributed by atoms with Gasteiger partial charge in [0, 0.05) is 43.4 Å². The van der Waals surface area contributed by atoms with Crippen LogP contribution < -0.4 is 10.1 Å². The number of amides is 3. The Kier molecular flexibility index (Phi) is 7.80. The fourth-order valence-corrected chi connectivity index (χ4v) is 3.82. The highest BCUT2D eigenvalue weighted by Crippen LogP contribution is 2.29. The van der Waals surface area contributed by atoms with Crippen molar-refractivity contribution >= 4 is 23.4 Å². The van der Waals surface area contributed by atoms with E-state index in [1.54, 1.807) is 31.3 Å². The van der Waals surface area contributed by atoms with E-state index in [1.807, 2.05) is 0 Å². The van der Waals surface area contributed by atoms with Gasteiger partial charge in [0.05, 0.1) is 19.2 Å². The molecule has 0 bridgehead atoms. The number of methoxy groups -OCH3 is 1. The number of anilines is 1. The molecule has 0 aromatic heterocycles. The minimum absolute atomic E-state index is 0.124. The van der Waals surface area contributed by atoms with Gasteiger partial charge in [-0.1, -0.05) is 6.07 Å². The molecule has 34 heavy (non-hydrogen) atoms. The molecule has 0 unspecified atom stereocenters. The maximum absolute atomic E-state index is 12.8. The highest BCUT2D eigenvalue weighted by molar-refractivity contribution is 5.95. The number of nitrogens with one attached hydrogen (secondary N) is 1. The number of halogens is 3. The molecule has 0 aliphatic carbocycles. The van der Waals surface area contributed by atoms with Gasteiger partial charge in [0.2, 0.25) is 11.8 Å². The summed E-state index contributed by atoms with van der Waals surface area (Å²) in [6, 6.07) is 11.0. The number of likely N-dealkylation sites (N-methyl/N-ethyl adjacent to an activating group) is 1. The minimum Gasteiger partial charge on any atom is -0.497 e. The van der Waals surface area contributed by atoms with Gasteiger partial charge in [-0.25, -0.2) is 0 Å². The van der Waals surface area contributed by atoms with Gasteiger partial charge in [-0.3, -0.25) is 14.4 Å². The second kappa shape index (κ2) is 10.6. The van der Waals surface area contributed by atoms with Gasteiger partial charge < -0.3 is 19.9 Å². The van der Waals surface area contributed by atoms with Gasteiger partial charge in [-0.15, -0.1) is 0 Å². The average Bonchev–Trinajstić information content (AvgIpc) is 2.82. The Morgan fingerprint density at radius 1 is 1.09 bits per heavy atom. The number of hydrogen-bond donors (Lipinski definition) is 1. The Balaban J connectivity index is 1.49. The molecule has 0 saturated carbocycles. The molecule has 0 radical (unpaired) electrons. The third-order valence-corrected chi connectivity index (χ3v) is 5.70. The van der Waals surface area contributed by atoms with Gasteiger partial charge in [0.15, 0.2) is 0 Å². The zero-order valence-electron chi connectivity index (χ0n) is 18.9. The largest absolute Gasteiger partial charge is 0.497 e. The molecule has 1 aliphatic rings. The van der Waals surface area contributed by atoms with Crippen molar-refractivity contribution in [1.82, 2.24) is 9.80 Å². The summed E-state index contributed by atoms with van der Waals surface area (Å²) in [7, 11) is 3.07. The summed E-state index contributed by atoms with van der Waals surface area (Å²) in [5.41, 5.74) is -0.0868. The third kappa shape index (κ3) is 6.27. The number of carbonyl (C=O) groups is 3. The van der Waals surface area contributed by atoms with E-state index < -0.39 is 11.7 Å². The van der Waals surface area contributed by atoms with E-state index in [0.717, 1.165) is 24.3 Å². The first kappa shape index (κ1) is 25.1. The lowest BCUT2D eigenvalue weighted by Crippen LogP contribution is -2.45. The Morgan fingerprint density at radius 2 is 1.74 bits per heavy atom. The predicted octanol–water partition coefficient (Wildman–Crippen LogP) is 3.66. The van der Waals surface area contributed by atoms with Crippen LogP contribution in [-0.2, 0) is 15.8 Å². The van der Waals surface area contributed by atoms with Crippen LogP contribution >= 0.6 is 0 Å². The summed E-state index contributed by atoms with van der Waals surface area (Å²) in [6.45, 7) is 0.487. The molecule has 0 spiro atoms. The number of ether oxygens (including phenoxy) is 1. The summed E-state index contributed by atoms with van der Waals surface area (Å²) >= 11 is 0. The number of hydrogen-bond acceptors (Lipinski definition) is 4. The van der Waals surface area contributed by atoms with Crippen molar-refractivity contribution in [2.45, 2.75) is 19.0 Å². The number of nitrogens with zero attached hydrogens (tertiary/aromatic N) is 2. The van der Waals surface area contributed by atoms with Crippen LogP contribution in [0.4, 0.5) is 18.9 Å². The highest BCUT2D eigenvalue weighted by Gasteiger charge is 2.32. The lowest BCUT2D eigenvalue weighted by atomic mass is 9.94. The maximum Gasteiger partial charge on any atom is 0.416 e. The topological polar surface area (TPSA) is 79.0 Å². The first-order chi connectivity index (χ1) is 16.1. The van der Waals surface area contributed by atoms with Gasteiger partial charge in [0.1, 0.15) is 5.75 Å². The monoisotopic (exact) mass is 477 g/mol. The summed E-state index contributed by atoms with van der Waals surface area (Å²) < 4.78 is 43.3. The van der Waals surface area contributed by atoms with Gasteiger partial charge >= 0.3 is 6.18 Å². The summed E-state index contributed by atoms with van der Waals surface area (Å²) in [5.74, 6) is -0.654. The van der Waals surface area contributed by atoms with Crippen LogP contribution in [0.2, 0.25) is 0 Å². The van der Waals surface area contributed by atoms with Crippen LogP contribution in [0.5, 0.6) is 5.75 Å². The van der Waals surface area contributed by atoms with Crippen molar-refractivity contribution < 1.29 is 32.3 Å². The lowest BCUT2D eigenvalue weighted by molar-refractivity contribution is -0.138. The molecule has 7 nitrogen and oxygen atoms in total. The zero-order chi connectivity index (χ0) is 24.9. The SMILES string of the molecule is COc1cccc(NC(=O)CN(C)C(=O)C2CCN(C(=O)c3ccc(C(F)(F)F)cc3)CC2)c1. The second-order valence-corrected chi connectivity index (χ2v) is 8.12. The van der Waals surface area contributed by atoms with E-state index >= 15 is 0 Å². The molecule has 1 fully saturated rings. The molecule has 3 amide bonds. The molecule has 2 aromatic carbocycles. The average molecular weight is 477 g/mol. The third-order valence-electron chi connectivity index (χ3n) is 5.70. The number of likely N-dealkylation sites (tertiary alicyclic amines) is 1. The molecular formula is C24H26F3N3O4. The van der Waals surface area contributed by atoms with Crippen molar-refractivity contribution in [3.63, 3.8) is 0 Å². The quantitative estimate of drug-likeness (QED) is 0.689. The van der Waals surface area contributed by atoms with Gasteiger partial charge in [-0.2, -0.15) is 13.2 Å². The number of alkyl halides is 3. The van der Waals surface area contributed by atoms with Crippen LogP contribution in [0.1, 0.15) is 28.8 Å². The van der Waals surface area contributed by atoms with Crippen molar-refractivity contribution in [2.75, 3.05) is 39.1 Å². The fraction of sp³-hybridized carbons (Fsp3) is 0.375. The number of piperidine rings is 1. The van der Waals surface area contributed by atoms with Crippen LogP contribution in [0.15, 0.2) is 48.5 Å². The van der Waals surface area contributed by atoms with Gasteiger partial charge in [0.25, 0.3) is 5.91 Å². The molecule has 10 heteroatoms. The minimum atomic E-state index is -4.46. The van der Waals surface area contributed by atoms with Crippen molar-refractivity contribution in [2.24, 2.45) is 5.92 Å². The molecule has 1 N–H and O–H groups in total. The first-order valence-corrected chi connectivity index (χ1v) is 10.7. The number of rotatable bonds is 6. The molecule has 2 aromatic rings. The second-order valence-electron chi connectivity index (χ2n) is 8.12. The van der Waals surface area contributed by atoms with E-state index in [4.69, 9.17) is 4.74 Å². The fourth-order valence-electron chi connectivity index (χ4n) is 3.82. The molecular weight excluding hydrogens is 451 g/mol. The van der Waals surface area contributed by atoms with Crippen LogP contribution in [0, 0.1) is 5.92 Å². The molecule has 1 aliphatic heterocycles. The Morgan fingerprint density at radius 3 is 2.32 bits per heavy atom. The smallest absolute Gasteiger partial charge is 0.416 e.